The maximum Gasteiger partial charge on any atom is 0.285 e. The molecule has 0 aliphatic carbocycles. The number of hydrogen-bond acceptors (Lipinski definition) is 5. The number of halogens is 3. The molecule has 4 nitrogen and oxygen atoms in total. The van der Waals surface area contributed by atoms with Gasteiger partial charge in [-0.3, -0.25) is 9.59 Å². The number of amides is 1. The summed E-state index contributed by atoms with van der Waals surface area (Å²) in [5.74, 6) is -4.55. The summed E-state index contributed by atoms with van der Waals surface area (Å²) in [5, 5.41) is 6.15. The van der Waals surface area contributed by atoms with Crippen LogP contribution in [0.2, 0.25) is 5.02 Å². The fourth-order valence-electron chi connectivity index (χ4n) is 2.30. The molecule has 0 spiro atoms. The van der Waals surface area contributed by atoms with Crippen LogP contribution < -0.4 is 5.43 Å². The average molecular weight is 427 g/mol. The Balaban J connectivity index is 1.82. The van der Waals surface area contributed by atoms with Gasteiger partial charge in [0.1, 0.15) is 10.6 Å². The molecule has 0 unspecified atom stereocenters. The van der Waals surface area contributed by atoms with E-state index in [2.05, 4.69) is 10.5 Å². The second-order valence-electron chi connectivity index (χ2n) is 5.71. The number of nitrogens with one attached hydrogen (secondary N) is 1. The first-order chi connectivity index (χ1) is 12.8. The van der Waals surface area contributed by atoms with Gasteiger partial charge < -0.3 is 0 Å². The minimum Gasteiger partial charge on any atom is -0.293 e. The Hall–Kier alpha value is -2.16. The zero-order valence-corrected chi connectivity index (χ0v) is 16.4. The van der Waals surface area contributed by atoms with Crippen molar-refractivity contribution in [2.75, 3.05) is 0 Å². The molecule has 0 aliphatic heterocycles. The van der Waals surface area contributed by atoms with Crippen molar-refractivity contribution in [1.82, 2.24) is 5.43 Å². The minimum atomic E-state index is -3.36. The van der Waals surface area contributed by atoms with Crippen LogP contribution in [0.15, 0.2) is 46.9 Å². The first kappa shape index (κ1) is 19.6. The lowest BCUT2D eigenvalue weighted by Gasteiger charge is -2.13. The Bertz CT molecular complexity index is 1020. The third-order valence-electron chi connectivity index (χ3n) is 3.66. The number of carbonyl (C=O) groups excluding carboxylic acids is 2. The van der Waals surface area contributed by atoms with Gasteiger partial charge in [-0.25, -0.2) is 14.2 Å². The monoisotopic (exact) mass is 426 g/mol. The summed E-state index contributed by atoms with van der Waals surface area (Å²) in [6.45, 7) is 0.631. The number of Topliss-reactive ketones (excluding diaryl/α,β-unsaturated/α-hetero) is 1. The summed E-state index contributed by atoms with van der Waals surface area (Å²) in [7, 11) is 0. The van der Waals surface area contributed by atoms with Crippen LogP contribution in [0.5, 0.6) is 0 Å². The Morgan fingerprint density at radius 2 is 1.96 bits per heavy atom. The van der Waals surface area contributed by atoms with Crippen molar-refractivity contribution in [3.63, 3.8) is 0 Å². The minimum absolute atomic E-state index is 0.171. The summed E-state index contributed by atoms with van der Waals surface area (Å²) >= 11 is 8.50. The third-order valence-corrected chi connectivity index (χ3v) is 6.25. The lowest BCUT2D eigenvalue weighted by molar-refractivity contribution is 0.0880. The zero-order valence-electron chi connectivity index (χ0n) is 14.0. The molecule has 1 amide bonds. The molecule has 2 aromatic heterocycles. The van der Waals surface area contributed by atoms with Gasteiger partial charge in [-0.15, -0.1) is 22.7 Å². The Labute approximate surface area is 166 Å². The number of thiophene rings is 2. The van der Waals surface area contributed by atoms with Crippen LogP contribution in [-0.2, 0) is 0 Å². The molecule has 1 aromatic carbocycles. The SMILES string of the molecule is CC(F)(F)/C(CC(=O)c1cccs1)=N\NC(=O)c1sc2ccccc2c1Cl. The molecular formula is C18H13ClF2N2O2S2. The highest BCUT2D eigenvalue weighted by Gasteiger charge is 2.32. The van der Waals surface area contributed by atoms with Crippen molar-refractivity contribution in [2.24, 2.45) is 5.10 Å². The van der Waals surface area contributed by atoms with E-state index in [9.17, 15) is 18.4 Å². The molecule has 140 valence electrons. The molecule has 1 N–H and O–H groups in total. The summed E-state index contributed by atoms with van der Waals surface area (Å²) in [6.07, 6.45) is -0.593. The molecule has 27 heavy (non-hydrogen) atoms. The Morgan fingerprint density at radius 3 is 2.59 bits per heavy atom. The summed E-state index contributed by atoms with van der Waals surface area (Å²) in [6, 6.07) is 10.4. The zero-order chi connectivity index (χ0) is 19.6. The molecular weight excluding hydrogens is 414 g/mol. The summed E-state index contributed by atoms with van der Waals surface area (Å²) < 4.78 is 28.5. The topological polar surface area (TPSA) is 58.5 Å². The smallest absolute Gasteiger partial charge is 0.285 e. The van der Waals surface area contributed by atoms with E-state index in [1.54, 1.807) is 41.8 Å². The highest BCUT2D eigenvalue weighted by Crippen LogP contribution is 2.35. The fraction of sp³-hybridized carbons (Fsp3) is 0.167. The molecule has 0 fully saturated rings. The molecule has 0 bridgehead atoms. The largest absolute Gasteiger partial charge is 0.293 e. The van der Waals surface area contributed by atoms with Crippen molar-refractivity contribution in [2.45, 2.75) is 19.3 Å². The van der Waals surface area contributed by atoms with E-state index in [4.69, 9.17) is 11.6 Å². The van der Waals surface area contributed by atoms with Crippen molar-refractivity contribution >= 4 is 61.8 Å². The molecule has 3 aromatic rings. The molecule has 0 aliphatic rings. The van der Waals surface area contributed by atoms with Gasteiger partial charge in [-0.2, -0.15) is 5.10 Å². The van der Waals surface area contributed by atoms with Crippen LogP contribution in [-0.4, -0.2) is 23.3 Å². The molecule has 0 saturated heterocycles. The average Bonchev–Trinajstić information content (AvgIpc) is 3.26. The van der Waals surface area contributed by atoms with E-state index in [1.165, 1.54) is 0 Å². The van der Waals surface area contributed by atoms with Gasteiger partial charge >= 0.3 is 0 Å². The number of hydrogen-bond donors (Lipinski definition) is 1. The number of benzene rings is 1. The normalized spacial score (nSPS) is 12.4. The second kappa shape index (κ2) is 7.84. The van der Waals surface area contributed by atoms with Gasteiger partial charge in [0.2, 0.25) is 0 Å². The molecule has 0 saturated carbocycles. The highest BCUT2D eigenvalue weighted by atomic mass is 35.5. The predicted octanol–water partition coefficient (Wildman–Crippen LogP) is 5.63. The van der Waals surface area contributed by atoms with Crippen LogP contribution in [0.25, 0.3) is 10.1 Å². The third kappa shape index (κ3) is 4.40. The van der Waals surface area contributed by atoms with E-state index < -0.39 is 29.7 Å². The quantitative estimate of drug-likeness (QED) is 0.315. The van der Waals surface area contributed by atoms with E-state index in [0.29, 0.717) is 17.2 Å². The number of hydrazone groups is 1. The van der Waals surface area contributed by atoms with Gasteiger partial charge in [-0.1, -0.05) is 35.9 Å². The highest BCUT2D eigenvalue weighted by molar-refractivity contribution is 7.21. The molecule has 3 rings (SSSR count). The first-order valence-corrected chi connectivity index (χ1v) is 9.83. The lowest BCUT2D eigenvalue weighted by Crippen LogP contribution is -2.31. The number of rotatable bonds is 6. The van der Waals surface area contributed by atoms with Crippen molar-refractivity contribution in [1.29, 1.82) is 0 Å². The maximum atomic E-state index is 13.8. The number of carbonyl (C=O) groups is 2. The van der Waals surface area contributed by atoms with Gasteiger partial charge in [0, 0.05) is 17.0 Å². The molecule has 0 radical (unpaired) electrons. The lowest BCUT2D eigenvalue weighted by atomic mass is 10.1. The van der Waals surface area contributed by atoms with Gasteiger partial charge in [0.15, 0.2) is 5.78 Å². The van der Waals surface area contributed by atoms with Gasteiger partial charge in [0.25, 0.3) is 11.8 Å². The van der Waals surface area contributed by atoms with Gasteiger partial charge in [0.05, 0.1) is 16.3 Å². The summed E-state index contributed by atoms with van der Waals surface area (Å²) in [4.78, 5) is 25.0. The van der Waals surface area contributed by atoms with Crippen LogP contribution in [0.3, 0.4) is 0 Å². The van der Waals surface area contributed by atoms with E-state index in [1.807, 2.05) is 0 Å². The number of alkyl halides is 2. The van der Waals surface area contributed by atoms with Crippen molar-refractivity contribution in [3.8, 4) is 0 Å². The number of fused-ring (bicyclic) bond motifs is 1. The molecule has 0 atom stereocenters. The number of ketones is 1. The maximum absolute atomic E-state index is 13.8. The Kier molecular flexibility index (Phi) is 5.69. The van der Waals surface area contributed by atoms with Crippen molar-refractivity contribution < 1.29 is 18.4 Å². The van der Waals surface area contributed by atoms with Crippen LogP contribution in [0.4, 0.5) is 8.78 Å². The van der Waals surface area contributed by atoms with Crippen LogP contribution in [0, 0.1) is 0 Å². The van der Waals surface area contributed by atoms with E-state index in [0.717, 1.165) is 27.4 Å². The van der Waals surface area contributed by atoms with E-state index >= 15 is 0 Å². The second-order valence-corrected chi connectivity index (χ2v) is 8.08. The number of nitrogens with zero attached hydrogens (tertiary/aromatic N) is 1. The van der Waals surface area contributed by atoms with Crippen LogP contribution >= 0.6 is 34.3 Å². The van der Waals surface area contributed by atoms with Crippen LogP contribution in [0.1, 0.15) is 32.7 Å². The predicted molar refractivity (Wildman–Crippen MR) is 106 cm³/mol. The summed E-state index contributed by atoms with van der Waals surface area (Å²) in [5.41, 5.74) is 1.39. The Morgan fingerprint density at radius 1 is 1.22 bits per heavy atom. The van der Waals surface area contributed by atoms with E-state index in [-0.39, 0.29) is 9.90 Å². The fourth-order valence-corrected chi connectivity index (χ4v) is 4.37. The van der Waals surface area contributed by atoms with Gasteiger partial charge in [-0.05, 0) is 17.5 Å². The van der Waals surface area contributed by atoms with Crippen molar-refractivity contribution in [3.05, 3.63) is 56.6 Å². The molecule has 2 heterocycles. The first-order valence-electron chi connectivity index (χ1n) is 7.76. The molecule has 9 heteroatoms. The standard InChI is InChI=1S/C18H13ClF2N2O2S2/c1-18(20,21)14(9-11(24)13-7-4-8-26-13)22-23-17(25)16-15(19)10-5-2-3-6-12(10)27-16/h2-8H,9H2,1H3,(H,23,25)/b22-14-.